The summed E-state index contributed by atoms with van der Waals surface area (Å²) < 4.78 is 2.24. The van der Waals surface area contributed by atoms with Crippen molar-refractivity contribution in [2.75, 3.05) is 6.54 Å². The van der Waals surface area contributed by atoms with Crippen LogP contribution in [0, 0.1) is 0 Å². The molecule has 2 aromatic heterocycles. The fourth-order valence-electron chi connectivity index (χ4n) is 2.34. The van der Waals surface area contributed by atoms with Crippen LogP contribution in [0.25, 0.3) is 5.52 Å². The smallest absolute Gasteiger partial charge is 0.116 e. The number of nitrogens with zero attached hydrogens (tertiary/aromatic N) is 2. The van der Waals surface area contributed by atoms with E-state index in [-0.39, 0.29) is 0 Å². The van der Waals surface area contributed by atoms with Crippen molar-refractivity contribution in [1.82, 2.24) is 9.38 Å². The first-order valence-electron chi connectivity index (χ1n) is 6.04. The topological polar surface area (TPSA) is 43.3 Å². The number of rotatable bonds is 3. The summed E-state index contributed by atoms with van der Waals surface area (Å²) in [7, 11) is 0. The predicted octanol–water partition coefficient (Wildman–Crippen LogP) is 2.10. The lowest BCUT2D eigenvalue weighted by Gasteiger charge is -2.24. The van der Waals surface area contributed by atoms with Gasteiger partial charge in [-0.15, -0.1) is 0 Å². The van der Waals surface area contributed by atoms with E-state index in [1.54, 1.807) is 0 Å². The Morgan fingerprint density at radius 2 is 2.25 bits per heavy atom. The third-order valence-corrected chi connectivity index (χ3v) is 3.52. The number of aromatic nitrogens is 2. The molecule has 0 spiro atoms. The van der Waals surface area contributed by atoms with Crippen LogP contribution >= 0.6 is 0 Å². The Bertz CT molecular complexity index is 497. The van der Waals surface area contributed by atoms with Gasteiger partial charge in [-0.1, -0.05) is 12.5 Å². The van der Waals surface area contributed by atoms with Gasteiger partial charge in [-0.05, 0) is 37.4 Å². The Kier molecular flexibility index (Phi) is 2.40. The van der Waals surface area contributed by atoms with E-state index in [0.29, 0.717) is 12.5 Å². The van der Waals surface area contributed by atoms with E-state index in [1.165, 1.54) is 36.2 Å². The molecule has 1 aliphatic carbocycles. The Morgan fingerprint density at radius 3 is 2.94 bits per heavy atom. The number of pyridine rings is 1. The summed E-state index contributed by atoms with van der Waals surface area (Å²) >= 11 is 0. The van der Waals surface area contributed by atoms with Crippen LogP contribution in [-0.2, 0) is 6.42 Å². The van der Waals surface area contributed by atoms with Gasteiger partial charge in [-0.3, -0.25) is 0 Å². The van der Waals surface area contributed by atoms with Crippen molar-refractivity contribution in [2.24, 2.45) is 5.73 Å². The second-order valence-corrected chi connectivity index (χ2v) is 4.62. The molecule has 2 aromatic rings. The summed E-state index contributed by atoms with van der Waals surface area (Å²) in [6.07, 6.45) is 9.05. The fourth-order valence-corrected chi connectivity index (χ4v) is 2.34. The van der Waals surface area contributed by atoms with Crippen LogP contribution in [0.3, 0.4) is 0 Å². The molecule has 2 heterocycles. The van der Waals surface area contributed by atoms with Crippen LogP contribution in [0.4, 0.5) is 0 Å². The first-order chi connectivity index (χ1) is 7.88. The fraction of sp³-hybridized carbons (Fsp3) is 0.462. The lowest BCUT2D eigenvalue weighted by Crippen LogP contribution is -2.13. The molecule has 84 valence electrons. The van der Waals surface area contributed by atoms with Crippen LogP contribution in [0.5, 0.6) is 0 Å². The molecule has 2 N–H and O–H groups in total. The van der Waals surface area contributed by atoms with Crippen molar-refractivity contribution < 1.29 is 0 Å². The Balaban J connectivity index is 2.04. The van der Waals surface area contributed by atoms with Crippen LogP contribution in [0.2, 0.25) is 0 Å². The van der Waals surface area contributed by atoms with Gasteiger partial charge in [0.25, 0.3) is 0 Å². The summed E-state index contributed by atoms with van der Waals surface area (Å²) in [5.74, 6) is 1.91. The first kappa shape index (κ1) is 9.85. The van der Waals surface area contributed by atoms with Crippen molar-refractivity contribution in [3.63, 3.8) is 0 Å². The zero-order valence-corrected chi connectivity index (χ0v) is 9.39. The molecule has 0 aromatic carbocycles. The van der Waals surface area contributed by atoms with Crippen molar-refractivity contribution in [2.45, 2.75) is 31.6 Å². The SMILES string of the molecule is NCCc1ccc2cnc(C3CCC3)n2c1. The zero-order valence-electron chi connectivity index (χ0n) is 9.39. The summed E-state index contributed by atoms with van der Waals surface area (Å²) in [5, 5.41) is 0. The molecule has 0 unspecified atom stereocenters. The van der Waals surface area contributed by atoms with Gasteiger partial charge in [-0.25, -0.2) is 4.98 Å². The minimum atomic E-state index is 0.677. The van der Waals surface area contributed by atoms with E-state index >= 15 is 0 Å². The van der Waals surface area contributed by atoms with E-state index in [9.17, 15) is 0 Å². The second-order valence-electron chi connectivity index (χ2n) is 4.62. The molecular formula is C13H17N3. The van der Waals surface area contributed by atoms with Crippen molar-refractivity contribution in [3.05, 3.63) is 35.9 Å². The molecule has 3 rings (SSSR count). The number of hydrogen-bond acceptors (Lipinski definition) is 2. The van der Waals surface area contributed by atoms with Crippen LogP contribution in [0.15, 0.2) is 24.5 Å². The van der Waals surface area contributed by atoms with Crippen molar-refractivity contribution >= 4 is 5.52 Å². The second kappa shape index (κ2) is 3.91. The molecular weight excluding hydrogens is 198 g/mol. The summed E-state index contributed by atoms with van der Waals surface area (Å²) in [6, 6.07) is 4.29. The maximum absolute atomic E-state index is 5.59. The Hall–Kier alpha value is -1.35. The molecule has 3 heteroatoms. The first-order valence-corrected chi connectivity index (χ1v) is 6.04. The summed E-state index contributed by atoms with van der Waals surface area (Å²) in [6.45, 7) is 0.707. The monoisotopic (exact) mass is 215 g/mol. The van der Waals surface area contributed by atoms with Gasteiger partial charge in [0.15, 0.2) is 0 Å². The molecule has 0 aliphatic heterocycles. The number of nitrogens with two attached hydrogens (primary N) is 1. The summed E-state index contributed by atoms with van der Waals surface area (Å²) in [5.41, 5.74) is 8.09. The van der Waals surface area contributed by atoms with E-state index in [0.717, 1.165) is 6.42 Å². The van der Waals surface area contributed by atoms with Gasteiger partial charge >= 0.3 is 0 Å². The highest BCUT2D eigenvalue weighted by atomic mass is 15.0. The molecule has 3 nitrogen and oxygen atoms in total. The minimum absolute atomic E-state index is 0.677. The van der Waals surface area contributed by atoms with E-state index in [1.807, 2.05) is 6.20 Å². The standard InChI is InChI=1S/C13H17N3/c14-7-6-10-4-5-12-8-15-13(16(12)9-10)11-2-1-3-11/h4-5,8-9,11H,1-3,6-7,14H2. The Morgan fingerprint density at radius 1 is 1.38 bits per heavy atom. The molecule has 1 aliphatic rings. The highest BCUT2D eigenvalue weighted by Gasteiger charge is 2.23. The van der Waals surface area contributed by atoms with Gasteiger partial charge in [0.05, 0.1) is 11.7 Å². The molecule has 0 saturated heterocycles. The lowest BCUT2D eigenvalue weighted by atomic mass is 9.85. The lowest BCUT2D eigenvalue weighted by molar-refractivity contribution is 0.400. The highest BCUT2D eigenvalue weighted by Crippen LogP contribution is 2.35. The third kappa shape index (κ3) is 1.52. The Labute approximate surface area is 95.3 Å². The summed E-state index contributed by atoms with van der Waals surface area (Å²) in [4.78, 5) is 4.55. The van der Waals surface area contributed by atoms with Gasteiger partial charge in [0.1, 0.15) is 5.82 Å². The van der Waals surface area contributed by atoms with Gasteiger partial charge in [0.2, 0.25) is 0 Å². The minimum Gasteiger partial charge on any atom is -0.330 e. The van der Waals surface area contributed by atoms with Crippen molar-refractivity contribution in [3.8, 4) is 0 Å². The molecule has 0 radical (unpaired) electrons. The van der Waals surface area contributed by atoms with Crippen molar-refractivity contribution in [1.29, 1.82) is 0 Å². The molecule has 16 heavy (non-hydrogen) atoms. The predicted molar refractivity (Wildman–Crippen MR) is 64.5 cm³/mol. The molecule has 0 amide bonds. The third-order valence-electron chi connectivity index (χ3n) is 3.52. The highest BCUT2D eigenvalue weighted by molar-refractivity contribution is 5.47. The van der Waals surface area contributed by atoms with Gasteiger partial charge in [0, 0.05) is 12.1 Å². The maximum atomic E-state index is 5.59. The van der Waals surface area contributed by atoms with Gasteiger partial charge in [-0.2, -0.15) is 0 Å². The quantitative estimate of drug-likeness (QED) is 0.852. The maximum Gasteiger partial charge on any atom is 0.116 e. The molecule has 0 bridgehead atoms. The van der Waals surface area contributed by atoms with Crippen LogP contribution < -0.4 is 5.73 Å². The van der Waals surface area contributed by atoms with Crippen LogP contribution in [-0.4, -0.2) is 15.9 Å². The zero-order chi connectivity index (χ0) is 11.0. The van der Waals surface area contributed by atoms with Gasteiger partial charge < -0.3 is 10.1 Å². The van der Waals surface area contributed by atoms with Crippen LogP contribution in [0.1, 0.15) is 36.6 Å². The number of hydrogen-bond donors (Lipinski definition) is 1. The molecule has 0 atom stereocenters. The van der Waals surface area contributed by atoms with E-state index < -0.39 is 0 Å². The number of imidazole rings is 1. The van der Waals surface area contributed by atoms with E-state index in [2.05, 4.69) is 27.7 Å². The normalized spacial score (nSPS) is 16.6. The average molecular weight is 215 g/mol. The average Bonchev–Trinajstić information content (AvgIpc) is 2.60. The number of fused-ring (bicyclic) bond motifs is 1. The largest absolute Gasteiger partial charge is 0.330 e. The molecule has 1 fully saturated rings. The van der Waals surface area contributed by atoms with E-state index in [4.69, 9.17) is 5.73 Å². The molecule has 1 saturated carbocycles.